The fraction of sp³-hybridized carbons (Fsp3) is 0.417. The fourth-order valence-corrected chi connectivity index (χ4v) is 3.00. The van der Waals surface area contributed by atoms with Crippen LogP contribution in [0.3, 0.4) is 0 Å². The number of nitrogens with zero attached hydrogens (tertiary/aromatic N) is 1. The van der Waals surface area contributed by atoms with Gasteiger partial charge >= 0.3 is 0 Å². The van der Waals surface area contributed by atoms with E-state index in [1.807, 2.05) is 12.1 Å². The van der Waals surface area contributed by atoms with Crippen molar-refractivity contribution in [2.24, 2.45) is 5.73 Å². The van der Waals surface area contributed by atoms with Gasteiger partial charge in [0, 0.05) is 28.3 Å². The molecule has 1 aliphatic rings. The van der Waals surface area contributed by atoms with Crippen molar-refractivity contribution in [2.45, 2.75) is 13.0 Å². The first-order valence-corrected chi connectivity index (χ1v) is 6.74. The summed E-state index contributed by atoms with van der Waals surface area (Å²) in [5.74, 6) is 0. The number of hydrogen-bond donors (Lipinski definition) is 1. The van der Waals surface area contributed by atoms with Crippen molar-refractivity contribution < 1.29 is 4.74 Å². The predicted octanol–water partition coefficient (Wildman–Crippen LogP) is 2.31. The van der Waals surface area contributed by atoms with Crippen molar-refractivity contribution in [3.8, 4) is 0 Å². The van der Waals surface area contributed by atoms with Crippen LogP contribution in [0.25, 0.3) is 0 Å². The van der Waals surface area contributed by atoms with Crippen molar-refractivity contribution in [3.63, 3.8) is 0 Å². The summed E-state index contributed by atoms with van der Waals surface area (Å²) in [4.78, 5) is 2.72. The number of anilines is 1. The second-order valence-electron chi connectivity index (χ2n) is 4.12. The van der Waals surface area contributed by atoms with Crippen molar-refractivity contribution >= 4 is 38.8 Å². The number of morpholine rings is 1. The van der Waals surface area contributed by atoms with Gasteiger partial charge in [0.25, 0.3) is 0 Å². The van der Waals surface area contributed by atoms with Gasteiger partial charge in [0.1, 0.15) is 4.99 Å². The van der Waals surface area contributed by atoms with E-state index < -0.39 is 0 Å². The van der Waals surface area contributed by atoms with E-state index in [-0.39, 0.29) is 0 Å². The quantitative estimate of drug-likeness (QED) is 0.850. The Bertz CT molecular complexity index is 439. The largest absolute Gasteiger partial charge is 0.389 e. The van der Waals surface area contributed by atoms with Gasteiger partial charge in [-0.3, -0.25) is 0 Å². The van der Waals surface area contributed by atoms with Crippen molar-refractivity contribution in [3.05, 3.63) is 28.2 Å². The van der Waals surface area contributed by atoms with E-state index >= 15 is 0 Å². The van der Waals surface area contributed by atoms with Gasteiger partial charge in [-0.25, -0.2) is 0 Å². The summed E-state index contributed by atoms with van der Waals surface area (Å²) in [6, 6.07) is 6.36. The molecule has 0 saturated carbocycles. The van der Waals surface area contributed by atoms with Crippen LogP contribution in [0.2, 0.25) is 0 Å². The Morgan fingerprint density at radius 2 is 2.35 bits per heavy atom. The molecule has 0 aromatic heterocycles. The molecule has 17 heavy (non-hydrogen) atoms. The fourth-order valence-electron chi connectivity index (χ4n) is 2.08. The third-order valence-corrected chi connectivity index (χ3v) is 3.78. The van der Waals surface area contributed by atoms with Crippen molar-refractivity contribution in [1.82, 2.24) is 0 Å². The van der Waals surface area contributed by atoms with Crippen LogP contribution in [0.5, 0.6) is 0 Å². The van der Waals surface area contributed by atoms with Gasteiger partial charge < -0.3 is 15.4 Å². The summed E-state index contributed by atoms with van der Waals surface area (Å²) >= 11 is 8.64. The Balaban J connectivity index is 2.43. The second-order valence-corrected chi connectivity index (χ2v) is 5.41. The summed E-state index contributed by atoms with van der Waals surface area (Å²) in [7, 11) is 0. The highest BCUT2D eigenvalue weighted by Crippen LogP contribution is 2.30. The Kier molecular flexibility index (Phi) is 4.01. The van der Waals surface area contributed by atoms with Gasteiger partial charge in [-0.15, -0.1) is 0 Å². The molecule has 2 N–H and O–H groups in total. The SMILES string of the molecule is CC1COCCN1c1cccc(Br)c1C(N)=S. The van der Waals surface area contributed by atoms with Crippen LogP contribution in [0.15, 0.2) is 22.7 Å². The number of ether oxygens (including phenoxy) is 1. The molecule has 0 radical (unpaired) electrons. The zero-order chi connectivity index (χ0) is 12.4. The summed E-state index contributed by atoms with van der Waals surface area (Å²) in [6.07, 6.45) is 0. The lowest BCUT2D eigenvalue weighted by atomic mass is 10.1. The zero-order valence-corrected chi connectivity index (χ0v) is 12.1. The first kappa shape index (κ1) is 12.8. The molecular formula is C12H15BrN2OS. The van der Waals surface area contributed by atoms with Gasteiger partial charge in [-0.1, -0.05) is 18.3 Å². The van der Waals surface area contributed by atoms with Crippen LogP contribution in [0.1, 0.15) is 12.5 Å². The first-order valence-electron chi connectivity index (χ1n) is 5.54. The molecular weight excluding hydrogens is 300 g/mol. The van der Waals surface area contributed by atoms with Crippen LogP contribution in [0.4, 0.5) is 5.69 Å². The Morgan fingerprint density at radius 3 is 3.00 bits per heavy atom. The summed E-state index contributed by atoms with van der Waals surface area (Å²) < 4.78 is 6.39. The minimum atomic E-state index is 0.339. The monoisotopic (exact) mass is 314 g/mol. The van der Waals surface area contributed by atoms with Gasteiger partial charge in [0.15, 0.2) is 0 Å². The third-order valence-electron chi connectivity index (χ3n) is 2.92. The van der Waals surface area contributed by atoms with Gasteiger partial charge in [0.2, 0.25) is 0 Å². The van der Waals surface area contributed by atoms with E-state index in [4.69, 9.17) is 22.7 Å². The average molecular weight is 315 g/mol. The molecule has 1 aliphatic heterocycles. The maximum Gasteiger partial charge on any atom is 0.107 e. The molecule has 5 heteroatoms. The molecule has 2 rings (SSSR count). The lowest BCUT2D eigenvalue weighted by Crippen LogP contribution is -2.44. The second kappa shape index (κ2) is 5.33. The molecule has 0 bridgehead atoms. The molecule has 0 amide bonds. The van der Waals surface area contributed by atoms with Gasteiger partial charge in [-0.2, -0.15) is 0 Å². The van der Waals surface area contributed by atoms with Gasteiger partial charge in [0.05, 0.1) is 13.2 Å². The molecule has 0 aliphatic carbocycles. The smallest absolute Gasteiger partial charge is 0.107 e. The lowest BCUT2D eigenvalue weighted by Gasteiger charge is -2.36. The maximum atomic E-state index is 5.81. The number of hydrogen-bond acceptors (Lipinski definition) is 3. The highest BCUT2D eigenvalue weighted by Gasteiger charge is 2.23. The first-order chi connectivity index (χ1) is 8.11. The number of thiocarbonyl (C=S) groups is 1. The van der Waals surface area contributed by atoms with Crippen LogP contribution >= 0.6 is 28.1 Å². The third kappa shape index (κ3) is 2.61. The summed E-state index contributed by atoms with van der Waals surface area (Å²) in [5, 5.41) is 0. The minimum Gasteiger partial charge on any atom is -0.389 e. The molecule has 0 spiro atoms. The van der Waals surface area contributed by atoms with Crippen molar-refractivity contribution in [2.75, 3.05) is 24.7 Å². The summed E-state index contributed by atoms with van der Waals surface area (Å²) in [6.45, 7) is 4.49. The number of halogens is 1. The van der Waals surface area contributed by atoms with Crippen LogP contribution < -0.4 is 10.6 Å². The molecule has 1 unspecified atom stereocenters. The predicted molar refractivity (Wildman–Crippen MR) is 77.7 cm³/mol. The van der Waals surface area contributed by atoms with Crippen molar-refractivity contribution in [1.29, 1.82) is 0 Å². The lowest BCUT2D eigenvalue weighted by molar-refractivity contribution is 0.0989. The Labute approximate surface area is 115 Å². The normalized spacial score (nSPS) is 20.4. The molecule has 1 aromatic carbocycles. The molecule has 1 heterocycles. The summed E-state index contributed by atoms with van der Waals surface area (Å²) in [5.41, 5.74) is 7.81. The zero-order valence-electron chi connectivity index (χ0n) is 9.65. The minimum absolute atomic E-state index is 0.339. The van der Waals surface area contributed by atoms with E-state index in [9.17, 15) is 0 Å². The molecule has 3 nitrogen and oxygen atoms in total. The van der Waals surface area contributed by atoms with Gasteiger partial charge in [-0.05, 0) is 35.0 Å². The Hall–Kier alpha value is -0.650. The number of nitrogens with two attached hydrogens (primary N) is 1. The molecule has 1 saturated heterocycles. The van der Waals surface area contributed by atoms with E-state index in [1.54, 1.807) is 0 Å². The molecule has 1 aromatic rings. The van der Waals surface area contributed by atoms with Crippen LogP contribution in [-0.2, 0) is 4.74 Å². The maximum absolute atomic E-state index is 5.81. The standard InChI is InChI=1S/C12H15BrN2OS/c1-8-7-16-6-5-15(8)10-4-2-3-9(13)11(10)12(14)17/h2-4,8H,5-7H2,1H3,(H2,14,17). The highest BCUT2D eigenvalue weighted by atomic mass is 79.9. The van der Waals surface area contributed by atoms with Crippen LogP contribution in [0, 0.1) is 0 Å². The number of benzene rings is 1. The topological polar surface area (TPSA) is 38.5 Å². The molecule has 1 atom stereocenters. The van der Waals surface area contributed by atoms with Crippen LogP contribution in [-0.4, -0.2) is 30.8 Å². The average Bonchev–Trinajstić information content (AvgIpc) is 2.28. The van der Waals surface area contributed by atoms with E-state index in [2.05, 4.69) is 33.8 Å². The van der Waals surface area contributed by atoms with E-state index in [0.717, 1.165) is 35.5 Å². The van der Waals surface area contributed by atoms with E-state index in [1.165, 1.54) is 0 Å². The van der Waals surface area contributed by atoms with E-state index in [0.29, 0.717) is 11.0 Å². The molecule has 1 fully saturated rings. The molecule has 92 valence electrons. The number of rotatable bonds is 2. The highest BCUT2D eigenvalue weighted by molar-refractivity contribution is 9.10. The Morgan fingerprint density at radius 1 is 1.59 bits per heavy atom.